The number of halogens is 2. The molecule has 2 rings (SSSR count). The smallest absolute Gasteiger partial charge is 0.0500 e. The minimum absolute atomic E-state index is 0.130. The van der Waals surface area contributed by atoms with Gasteiger partial charge in [-0.15, -0.1) is 0 Å². The van der Waals surface area contributed by atoms with E-state index in [1.807, 2.05) is 18.2 Å². The van der Waals surface area contributed by atoms with Gasteiger partial charge in [0.05, 0.1) is 0 Å². The predicted octanol–water partition coefficient (Wildman–Crippen LogP) is 3.97. The molecule has 1 aromatic rings. The van der Waals surface area contributed by atoms with Crippen LogP contribution in [0.25, 0.3) is 0 Å². The first-order valence-electron chi connectivity index (χ1n) is 6.92. The zero-order valence-corrected chi connectivity index (χ0v) is 13.1. The minimum Gasteiger partial charge on any atom is -0.329 e. The minimum atomic E-state index is 0.130. The summed E-state index contributed by atoms with van der Waals surface area (Å²) in [5.74, 6) is 1.46. The first kappa shape index (κ1) is 15.1. The van der Waals surface area contributed by atoms with Crippen molar-refractivity contribution >= 4 is 23.2 Å². The first-order chi connectivity index (χ1) is 9.04. The molecule has 2 nitrogen and oxygen atoms in total. The largest absolute Gasteiger partial charge is 0.329 e. The molecule has 0 saturated carbocycles. The predicted molar refractivity (Wildman–Crippen MR) is 82.8 cm³/mol. The molecule has 0 aromatic heterocycles. The average Bonchev–Trinajstić information content (AvgIpc) is 2.83. The van der Waals surface area contributed by atoms with E-state index in [-0.39, 0.29) is 6.04 Å². The van der Waals surface area contributed by atoms with E-state index in [1.165, 1.54) is 6.42 Å². The van der Waals surface area contributed by atoms with Crippen LogP contribution in [-0.4, -0.2) is 24.5 Å². The molecular weight excluding hydrogens is 279 g/mol. The van der Waals surface area contributed by atoms with Crippen LogP contribution in [0.15, 0.2) is 18.2 Å². The summed E-state index contributed by atoms with van der Waals surface area (Å²) in [5, 5.41) is 1.44. The van der Waals surface area contributed by atoms with E-state index in [4.69, 9.17) is 28.9 Å². The number of hydrogen-bond acceptors (Lipinski definition) is 2. The summed E-state index contributed by atoms with van der Waals surface area (Å²) in [7, 11) is 0. The maximum atomic E-state index is 6.31. The summed E-state index contributed by atoms with van der Waals surface area (Å²) in [6.07, 6.45) is 1.23. The summed E-state index contributed by atoms with van der Waals surface area (Å²) in [6.45, 7) is 7.28. The van der Waals surface area contributed by atoms with Crippen LogP contribution in [0, 0.1) is 11.8 Å². The Kier molecular flexibility index (Phi) is 5.13. The Balaban J connectivity index is 2.22. The molecule has 0 aliphatic carbocycles. The van der Waals surface area contributed by atoms with Gasteiger partial charge in [-0.05, 0) is 36.9 Å². The van der Waals surface area contributed by atoms with Gasteiger partial charge in [0.2, 0.25) is 0 Å². The highest BCUT2D eigenvalue weighted by atomic mass is 35.5. The number of nitrogens with zero attached hydrogens (tertiary/aromatic N) is 1. The molecule has 0 radical (unpaired) electrons. The standard InChI is InChI=1S/C15H22Cl2N2/c1-10(2)11-6-7-19(9-11)14(8-18)15-12(16)4-3-5-13(15)17/h3-5,10-11,14H,6-9,18H2,1-2H3. The molecule has 2 atom stereocenters. The third-order valence-electron chi connectivity index (χ3n) is 4.20. The SMILES string of the molecule is CC(C)C1CCN(C(CN)c2c(Cl)cccc2Cl)C1. The average molecular weight is 301 g/mol. The zero-order valence-electron chi connectivity index (χ0n) is 11.6. The first-order valence-corrected chi connectivity index (χ1v) is 7.68. The summed E-state index contributed by atoms with van der Waals surface area (Å²) in [6, 6.07) is 5.79. The molecular formula is C15H22Cl2N2. The van der Waals surface area contributed by atoms with Gasteiger partial charge < -0.3 is 5.73 Å². The summed E-state index contributed by atoms with van der Waals surface area (Å²) in [5.41, 5.74) is 6.97. The Morgan fingerprint density at radius 1 is 1.32 bits per heavy atom. The van der Waals surface area contributed by atoms with E-state index in [0.29, 0.717) is 12.5 Å². The molecule has 2 N–H and O–H groups in total. The van der Waals surface area contributed by atoms with Crippen LogP contribution in [0.3, 0.4) is 0 Å². The Labute approximate surface area is 125 Å². The zero-order chi connectivity index (χ0) is 14.0. The fraction of sp³-hybridized carbons (Fsp3) is 0.600. The van der Waals surface area contributed by atoms with Crippen molar-refractivity contribution in [1.82, 2.24) is 4.90 Å². The number of likely N-dealkylation sites (tertiary alicyclic amines) is 1. The van der Waals surface area contributed by atoms with Crippen LogP contribution in [0.5, 0.6) is 0 Å². The topological polar surface area (TPSA) is 29.3 Å². The van der Waals surface area contributed by atoms with E-state index < -0.39 is 0 Å². The van der Waals surface area contributed by atoms with E-state index in [1.54, 1.807) is 0 Å². The van der Waals surface area contributed by atoms with E-state index >= 15 is 0 Å². The van der Waals surface area contributed by atoms with Gasteiger partial charge in [-0.25, -0.2) is 0 Å². The molecule has 1 heterocycles. The van der Waals surface area contributed by atoms with Crippen molar-refractivity contribution in [2.75, 3.05) is 19.6 Å². The van der Waals surface area contributed by atoms with Gasteiger partial charge in [-0.1, -0.05) is 43.1 Å². The van der Waals surface area contributed by atoms with Crippen LogP contribution < -0.4 is 5.73 Å². The van der Waals surface area contributed by atoms with Crippen LogP contribution in [0.1, 0.15) is 31.9 Å². The molecule has 2 unspecified atom stereocenters. The summed E-state index contributed by atoms with van der Waals surface area (Å²) in [4.78, 5) is 2.43. The van der Waals surface area contributed by atoms with Crippen LogP contribution in [-0.2, 0) is 0 Å². The molecule has 1 saturated heterocycles. The van der Waals surface area contributed by atoms with Crippen LogP contribution in [0.4, 0.5) is 0 Å². The Bertz CT molecular complexity index is 414. The fourth-order valence-electron chi connectivity index (χ4n) is 2.92. The number of hydrogen-bond donors (Lipinski definition) is 1. The molecule has 1 fully saturated rings. The van der Waals surface area contributed by atoms with Gasteiger partial charge in [0, 0.05) is 34.7 Å². The van der Waals surface area contributed by atoms with Crippen molar-refractivity contribution in [3.63, 3.8) is 0 Å². The second-order valence-corrected chi connectivity index (χ2v) is 6.49. The second kappa shape index (κ2) is 6.45. The van der Waals surface area contributed by atoms with Crippen LogP contribution >= 0.6 is 23.2 Å². The highest BCUT2D eigenvalue weighted by Gasteiger charge is 2.31. The molecule has 0 amide bonds. The number of benzene rings is 1. The van der Waals surface area contributed by atoms with E-state index in [9.17, 15) is 0 Å². The summed E-state index contributed by atoms with van der Waals surface area (Å²) >= 11 is 12.6. The Morgan fingerprint density at radius 2 is 1.95 bits per heavy atom. The van der Waals surface area contributed by atoms with Gasteiger partial charge in [0.15, 0.2) is 0 Å². The number of rotatable bonds is 4. The van der Waals surface area contributed by atoms with Gasteiger partial charge >= 0.3 is 0 Å². The number of nitrogens with two attached hydrogens (primary N) is 1. The normalized spacial score (nSPS) is 22.1. The van der Waals surface area contributed by atoms with Crippen LogP contribution in [0.2, 0.25) is 10.0 Å². The molecule has 0 bridgehead atoms. The third-order valence-corrected chi connectivity index (χ3v) is 4.86. The molecule has 4 heteroatoms. The second-order valence-electron chi connectivity index (χ2n) is 5.67. The Hall–Kier alpha value is -0.280. The van der Waals surface area contributed by atoms with Gasteiger partial charge in [-0.3, -0.25) is 4.90 Å². The van der Waals surface area contributed by atoms with E-state index in [0.717, 1.165) is 34.6 Å². The lowest BCUT2D eigenvalue weighted by Gasteiger charge is -2.29. The molecule has 0 spiro atoms. The molecule has 1 aromatic carbocycles. The lowest BCUT2D eigenvalue weighted by molar-refractivity contribution is 0.232. The van der Waals surface area contributed by atoms with Gasteiger partial charge in [-0.2, -0.15) is 0 Å². The fourth-order valence-corrected chi connectivity index (χ4v) is 3.57. The van der Waals surface area contributed by atoms with Crippen molar-refractivity contribution in [3.8, 4) is 0 Å². The third kappa shape index (κ3) is 3.25. The van der Waals surface area contributed by atoms with Gasteiger partial charge in [0.1, 0.15) is 0 Å². The maximum absolute atomic E-state index is 6.31. The summed E-state index contributed by atoms with van der Waals surface area (Å²) < 4.78 is 0. The lowest BCUT2D eigenvalue weighted by Crippen LogP contribution is -2.33. The van der Waals surface area contributed by atoms with Crippen molar-refractivity contribution < 1.29 is 0 Å². The van der Waals surface area contributed by atoms with E-state index in [2.05, 4.69) is 18.7 Å². The quantitative estimate of drug-likeness (QED) is 0.911. The van der Waals surface area contributed by atoms with Crippen molar-refractivity contribution in [3.05, 3.63) is 33.8 Å². The maximum Gasteiger partial charge on any atom is 0.0500 e. The van der Waals surface area contributed by atoms with Crippen molar-refractivity contribution in [2.45, 2.75) is 26.3 Å². The highest BCUT2D eigenvalue weighted by molar-refractivity contribution is 6.36. The molecule has 1 aliphatic heterocycles. The van der Waals surface area contributed by atoms with Crippen molar-refractivity contribution in [2.24, 2.45) is 17.6 Å². The molecule has 1 aliphatic rings. The Morgan fingerprint density at radius 3 is 2.42 bits per heavy atom. The monoisotopic (exact) mass is 300 g/mol. The molecule has 106 valence electrons. The highest BCUT2D eigenvalue weighted by Crippen LogP contribution is 2.36. The van der Waals surface area contributed by atoms with Gasteiger partial charge in [0.25, 0.3) is 0 Å². The van der Waals surface area contributed by atoms with Crippen molar-refractivity contribution in [1.29, 1.82) is 0 Å². The lowest BCUT2D eigenvalue weighted by atomic mass is 9.95. The molecule has 19 heavy (non-hydrogen) atoms.